The first kappa shape index (κ1) is 14.3. The lowest BCUT2D eigenvalue weighted by Gasteiger charge is -2.25. The largest absolute Gasteiger partial charge is 0.463 e. The van der Waals surface area contributed by atoms with Crippen molar-refractivity contribution in [2.45, 2.75) is 20.8 Å². The molecule has 0 heterocycles. The van der Waals surface area contributed by atoms with E-state index in [0.29, 0.717) is 18.7 Å². The number of anilines is 1. The van der Waals surface area contributed by atoms with Crippen molar-refractivity contribution in [1.82, 2.24) is 0 Å². The Morgan fingerprint density at radius 1 is 1.33 bits per heavy atom. The zero-order chi connectivity index (χ0) is 13.5. The van der Waals surface area contributed by atoms with Gasteiger partial charge in [-0.25, -0.2) is 4.79 Å². The van der Waals surface area contributed by atoms with Crippen molar-refractivity contribution in [2.24, 2.45) is 0 Å². The lowest BCUT2D eigenvalue weighted by atomic mass is 10.1. The van der Waals surface area contributed by atoms with Gasteiger partial charge in [0.25, 0.3) is 0 Å². The van der Waals surface area contributed by atoms with Gasteiger partial charge >= 0.3 is 5.97 Å². The minimum absolute atomic E-state index is 0.315. The van der Waals surface area contributed by atoms with Crippen LogP contribution in [0.1, 0.15) is 19.4 Å². The molecule has 0 aliphatic rings. The van der Waals surface area contributed by atoms with Crippen LogP contribution < -0.4 is 4.90 Å². The van der Waals surface area contributed by atoms with Gasteiger partial charge in [-0.2, -0.15) is 0 Å². The predicted molar refractivity (Wildman–Crippen MR) is 74.8 cm³/mol. The molecule has 3 heteroatoms. The molecule has 0 unspecified atom stereocenters. The van der Waals surface area contributed by atoms with Gasteiger partial charge in [0.15, 0.2) is 0 Å². The summed E-state index contributed by atoms with van der Waals surface area (Å²) in [6, 6.07) is 8.12. The summed E-state index contributed by atoms with van der Waals surface area (Å²) in [6.45, 7) is 11.4. The minimum atomic E-state index is -0.315. The maximum Gasteiger partial charge on any atom is 0.335 e. The summed E-state index contributed by atoms with van der Waals surface area (Å²) in [5.74, 6) is -0.315. The third kappa shape index (κ3) is 3.62. The van der Waals surface area contributed by atoms with Gasteiger partial charge in [-0.1, -0.05) is 24.8 Å². The van der Waals surface area contributed by atoms with Crippen LogP contribution in [-0.2, 0) is 9.53 Å². The van der Waals surface area contributed by atoms with Crippen molar-refractivity contribution < 1.29 is 9.53 Å². The third-order valence-electron chi connectivity index (χ3n) is 2.78. The van der Waals surface area contributed by atoms with E-state index in [4.69, 9.17) is 4.74 Å². The van der Waals surface area contributed by atoms with Gasteiger partial charge in [0.05, 0.1) is 6.61 Å². The van der Waals surface area contributed by atoms with Crippen LogP contribution in [0.5, 0.6) is 0 Å². The van der Waals surface area contributed by atoms with Gasteiger partial charge in [-0.05, 0) is 32.4 Å². The van der Waals surface area contributed by atoms with Gasteiger partial charge in [-0.3, -0.25) is 0 Å². The van der Waals surface area contributed by atoms with E-state index in [1.807, 2.05) is 12.1 Å². The van der Waals surface area contributed by atoms with Crippen molar-refractivity contribution in [3.63, 3.8) is 0 Å². The molecular formula is C15H21NO2. The van der Waals surface area contributed by atoms with Crippen molar-refractivity contribution in [3.8, 4) is 0 Å². The SMILES string of the molecule is C=C(CN(CC)c1ccccc1C)C(=O)OCC. The summed E-state index contributed by atoms with van der Waals surface area (Å²) in [7, 11) is 0. The molecule has 18 heavy (non-hydrogen) atoms. The number of para-hydroxylation sites is 1. The van der Waals surface area contributed by atoms with Crippen LogP contribution in [0.2, 0.25) is 0 Å². The highest BCUT2D eigenvalue weighted by atomic mass is 16.5. The molecule has 1 rings (SSSR count). The van der Waals surface area contributed by atoms with Gasteiger partial charge in [0, 0.05) is 24.4 Å². The van der Waals surface area contributed by atoms with Crippen LogP contribution in [0.25, 0.3) is 0 Å². The fraction of sp³-hybridized carbons (Fsp3) is 0.400. The highest BCUT2D eigenvalue weighted by Crippen LogP contribution is 2.20. The number of carbonyl (C=O) groups is 1. The minimum Gasteiger partial charge on any atom is -0.463 e. The molecule has 0 aliphatic heterocycles. The summed E-state index contributed by atoms with van der Waals surface area (Å²) >= 11 is 0. The van der Waals surface area contributed by atoms with E-state index in [-0.39, 0.29) is 5.97 Å². The van der Waals surface area contributed by atoms with Crippen LogP contribution in [-0.4, -0.2) is 25.7 Å². The van der Waals surface area contributed by atoms with E-state index in [0.717, 1.165) is 12.2 Å². The number of rotatable bonds is 6. The molecule has 0 fully saturated rings. The fourth-order valence-corrected chi connectivity index (χ4v) is 1.81. The molecule has 0 aliphatic carbocycles. The molecule has 0 saturated carbocycles. The third-order valence-corrected chi connectivity index (χ3v) is 2.78. The molecule has 0 saturated heterocycles. The Kier molecular flexibility index (Phi) is 5.43. The molecule has 1 aromatic carbocycles. The molecular weight excluding hydrogens is 226 g/mol. The molecule has 0 bridgehead atoms. The Morgan fingerprint density at radius 3 is 2.56 bits per heavy atom. The van der Waals surface area contributed by atoms with Gasteiger partial charge in [0.2, 0.25) is 0 Å². The second-order valence-corrected chi connectivity index (χ2v) is 4.12. The number of hydrogen-bond acceptors (Lipinski definition) is 3. The molecule has 0 N–H and O–H groups in total. The van der Waals surface area contributed by atoms with Gasteiger partial charge in [0.1, 0.15) is 0 Å². The van der Waals surface area contributed by atoms with Crippen molar-refractivity contribution in [2.75, 3.05) is 24.6 Å². The number of esters is 1. The summed E-state index contributed by atoms with van der Waals surface area (Å²) in [5, 5.41) is 0. The van der Waals surface area contributed by atoms with Crippen LogP contribution in [0.3, 0.4) is 0 Å². The van der Waals surface area contributed by atoms with Crippen molar-refractivity contribution in [1.29, 1.82) is 0 Å². The van der Waals surface area contributed by atoms with E-state index >= 15 is 0 Å². The Morgan fingerprint density at radius 2 is 2.00 bits per heavy atom. The van der Waals surface area contributed by atoms with Crippen molar-refractivity contribution >= 4 is 11.7 Å². The summed E-state index contributed by atoms with van der Waals surface area (Å²) in [5.41, 5.74) is 2.81. The number of carbonyl (C=O) groups excluding carboxylic acids is 1. The average molecular weight is 247 g/mol. The standard InChI is InChI=1S/C15H21NO2/c1-5-16(11-13(4)15(17)18-6-2)14-10-8-7-9-12(14)3/h7-10H,4-6,11H2,1-3H3. The molecule has 0 aromatic heterocycles. The summed E-state index contributed by atoms with van der Waals surface area (Å²) in [6.07, 6.45) is 0. The molecule has 0 radical (unpaired) electrons. The van der Waals surface area contributed by atoms with Crippen LogP contribution in [0.15, 0.2) is 36.4 Å². The highest BCUT2D eigenvalue weighted by Gasteiger charge is 2.13. The van der Waals surface area contributed by atoms with E-state index < -0.39 is 0 Å². The van der Waals surface area contributed by atoms with Crippen molar-refractivity contribution in [3.05, 3.63) is 42.0 Å². The van der Waals surface area contributed by atoms with Gasteiger partial charge in [-0.15, -0.1) is 0 Å². The zero-order valence-corrected chi connectivity index (χ0v) is 11.4. The monoisotopic (exact) mass is 247 g/mol. The maximum atomic E-state index is 11.6. The number of likely N-dealkylation sites (N-methyl/N-ethyl adjacent to an activating group) is 1. The number of ether oxygens (including phenoxy) is 1. The molecule has 98 valence electrons. The van der Waals surface area contributed by atoms with Crippen LogP contribution in [0, 0.1) is 6.92 Å². The van der Waals surface area contributed by atoms with Gasteiger partial charge < -0.3 is 9.64 Å². The van der Waals surface area contributed by atoms with E-state index in [1.165, 1.54) is 5.56 Å². The Hall–Kier alpha value is -1.77. The topological polar surface area (TPSA) is 29.5 Å². The number of hydrogen-bond donors (Lipinski definition) is 0. The van der Waals surface area contributed by atoms with Crippen LogP contribution >= 0.6 is 0 Å². The van der Waals surface area contributed by atoms with E-state index in [1.54, 1.807) is 6.92 Å². The summed E-state index contributed by atoms with van der Waals surface area (Å²) in [4.78, 5) is 13.7. The maximum absolute atomic E-state index is 11.6. The Labute approximate surface area is 109 Å². The normalized spacial score (nSPS) is 9.94. The number of aryl methyl sites for hydroxylation is 1. The lowest BCUT2D eigenvalue weighted by Crippen LogP contribution is -2.28. The first-order valence-corrected chi connectivity index (χ1v) is 6.25. The number of benzene rings is 1. The molecule has 0 spiro atoms. The fourth-order valence-electron chi connectivity index (χ4n) is 1.81. The molecule has 3 nitrogen and oxygen atoms in total. The average Bonchev–Trinajstić information content (AvgIpc) is 2.37. The molecule has 0 atom stereocenters. The predicted octanol–water partition coefficient (Wildman–Crippen LogP) is 2.94. The molecule has 1 aromatic rings. The highest BCUT2D eigenvalue weighted by molar-refractivity contribution is 5.88. The van der Waals surface area contributed by atoms with Crippen LogP contribution in [0.4, 0.5) is 5.69 Å². The second-order valence-electron chi connectivity index (χ2n) is 4.12. The second kappa shape index (κ2) is 6.84. The zero-order valence-electron chi connectivity index (χ0n) is 11.4. The first-order chi connectivity index (χ1) is 8.60. The summed E-state index contributed by atoms with van der Waals surface area (Å²) < 4.78 is 4.95. The Balaban J connectivity index is 2.77. The van der Waals surface area contributed by atoms with E-state index in [9.17, 15) is 4.79 Å². The first-order valence-electron chi connectivity index (χ1n) is 6.25. The lowest BCUT2D eigenvalue weighted by molar-refractivity contribution is -0.138. The number of nitrogens with zero attached hydrogens (tertiary/aromatic N) is 1. The molecule has 0 amide bonds. The smallest absolute Gasteiger partial charge is 0.335 e. The Bertz CT molecular complexity index is 426. The quantitative estimate of drug-likeness (QED) is 0.572. The van der Waals surface area contributed by atoms with E-state index in [2.05, 4.69) is 37.5 Å².